The standard InChI is InChI=1S/C21H21FN4O2/c1-13-4-2-5-17(22)20(13)14-8-15-11-24-19(23)10-16(15)18(9-14)25-12-28-21(27)26-6-3-7-26/h2,4-5,8-11,25H,3,6-7,12H2,1H3,(H2,23,24). The maximum Gasteiger partial charge on any atom is 0.411 e. The third-order valence-electron chi connectivity index (χ3n) is 4.94. The fourth-order valence-electron chi connectivity index (χ4n) is 3.33. The maximum atomic E-state index is 14.5. The minimum atomic E-state index is -0.342. The Morgan fingerprint density at radius 2 is 2.14 bits per heavy atom. The lowest BCUT2D eigenvalue weighted by Gasteiger charge is -2.29. The van der Waals surface area contributed by atoms with Crippen LogP contribution in [0.4, 0.5) is 20.7 Å². The van der Waals surface area contributed by atoms with E-state index in [4.69, 9.17) is 10.5 Å². The molecule has 2 heterocycles. The van der Waals surface area contributed by atoms with Gasteiger partial charge < -0.3 is 20.7 Å². The molecule has 1 aromatic heterocycles. The van der Waals surface area contributed by atoms with E-state index in [0.29, 0.717) is 22.6 Å². The first-order valence-electron chi connectivity index (χ1n) is 9.13. The molecule has 3 N–H and O–H groups in total. The number of fused-ring (bicyclic) bond motifs is 1. The third kappa shape index (κ3) is 3.43. The monoisotopic (exact) mass is 380 g/mol. The summed E-state index contributed by atoms with van der Waals surface area (Å²) in [5.41, 5.74) is 8.61. The number of aryl methyl sites for hydroxylation is 1. The fourth-order valence-corrected chi connectivity index (χ4v) is 3.33. The number of ether oxygens (including phenoxy) is 1. The smallest absolute Gasteiger partial charge is 0.411 e. The average molecular weight is 380 g/mol. The van der Waals surface area contributed by atoms with Crippen LogP contribution in [-0.4, -0.2) is 35.8 Å². The molecule has 1 saturated heterocycles. The first-order valence-corrected chi connectivity index (χ1v) is 9.13. The lowest BCUT2D eigenvalue weighted by Crippen LogP contribution is -2.42. The first-order chi connectivity index (χ1) is 13.5. The van der Waals surface area contributed by atoms with Gasteiger partial charge in [0.25, 0.3) is 0 Å². The molecule has 1 fully saturated rings. The quantitative estimate of drug-likeness (QED) is 0.665. The molecular weight excluding hydrogens is 359 g/mol. The molecule has 144 valence electrons. The number of likely N-dealkylation sites (tertiary alicyclic amines) is 1. The number of nitrogen functional groups attached to an aromatic ring is 1. The van der Waals surface area contributed by atoms with Crippen molar-refractivity contribution in [1.29, 1.82) is 0 Å². The summed E-state index contributed by atoms with van der Waals surface area (Å²) in [4.78, 5) is 17.7. The van der Waals surface area contributed by atoms with Crippen LogP contribution in [0.3, 0.4) is 0 Å². The molecule has 1 aliphatic heterocycles. The molecule has 4 rings (SSSR count). The molecule has 0 saturated carbocycles. The molecule has 0 atom stereocenters. The van der Waals surface area contributed by atoms with Crippen molar-refractivity contribution in [3.05, 3.63) is 54.0 Å². The summed E-state index contributed by atoms with van der Waals surface area (Å²) in [5.74, 6) is 0.0841. The Morgan fingerprint density at radius 3 is 2.86 bits per heavy atom. The van der Waals surface area contributed by atoms with Gasteiger partial charge in [0.05, 0.1) is 0 Å². The van der Waals surface area contributed by atoms with E-state index in [-0.39, 0.29) is 18.6 Å². The second-order valence-electron chi connectivity index (χ2n) is 6.86. The van der Waals surface area contributed by atoms with E-state index in [9.17, 15) is 9.18 Å². The van der Waals surface area contributed by atoms with Crippen LogP contribution in [0.5, 0.6) is 0 Å². The number of carbonyl (C=O) groups is 1. The van der Waals surface area contributed by atoms with Crippen molar-refractivity contribution >= 4 is 28.4 Å². The number of nitrogens with zero attached hydrogens (tertiary/aromatic N) is 2. The predicted octanol–water partition coefficient (Wildman–Crippen LogP) is 4.14. The lowest BCUT2D eigenvalue weighted by atomic mass is 9.96. The van der Waals surface area contributed by atoms with Crippen LogP contribution in [0.2, 0.25) is 0 Å². The van der Waals surface area contributed by atoms with Crippen LogP contribution < -0.4 is 11.1 Å². The van der Waals surface area contributed by atoms with Crippen molar-refractivity contribution < 1.29 is 13.9 Å². The number of benzene rings is 2. The highest BCUT2D eigenvalue weighted by Gasteiger charge is 2.21. The summed E-state index contributed by atoms with van der Waals surface area (Å²) in [6.07, 6.45) is 2.32. The van der Waals surface area contributed by atoms with Crippen LogP contribution in [0, 0.1) is 12.7 Å². The second kappa shape index (κ2) is 7.34. The molecule has 3 aromatic rings. The van der Waals surface area contributed by atoms with Gasteiger partial charge in [-0.2, -0.15) is 0 Å². The maximum absolute atomic E-state index is 14.5. The number of hydrogen-bond acceptors (Lipinski definition) is 5. The summed E-state index contributed by atoms with van der Waals surface area (Å²) < 4.78 is 19.8. The number of anilines is 2. The molecule has 0 aliphatic carbocycles. The zero-order valence-corrected chi connectivity index (χ0v) is 15.5. The van der Waals surface area contributed by atoms with Gasteiger partial charge in [0.15, 0.2) is 6.73 Å². The highest BCUT2D eigenvalue weighted by atomic mass is 19.1. The lowest BCUT2D eigenvalue weighted by molar-refractivity contribution is 0.0864. The minimum Gasteiger partial charge on any atom is -0.428 e. The van der Waals surface area contributed by atoms with Crippen LogP contribution in [0.15, 0.2) is 42.6 Å². The van der Waals surface area contributed by atoms with E-state index >= 15 is 0 Å². The molecule has 7 heteroatoms. The van der Waals surface area contributed by atoms with Gasteiger partial charge in [-0.3, -0.25) is 0 Å². The Morgan fingerprint density at radius 1 is 1.32 bits per heavy atom. The van der Waals surface area contributed by atoms with E-state index in [1.165, 1.54) is 6.07 Å². The predicted molar refractivity (Wildman–Crippen MR) is 107 cm³/mol. The molecule has 0 bridgehead atoms. The number of amides is 1. The van der Waals surface area contributed by atoms with Crippen molar-refractivity contribution in [3.8, 4) is 11.1 Å². The molecular formula is C21H21FN4O2. The van der Waals surface area contributed by atoms with Gasteiger partial charge in [-0.25, -0.2) is 14.2 Å². The Labute approximate surface area is 162 Å². The third-order valence-corrected chi connectivity index (χ3v) is 4.94. The molecule has 2 aromatic carbocycles. The molecule has 1 aliphatic rings. The summed E-state index contributed by atoms with van der Waals surface area (Å²) in [6, 6.07) is 10.5. The van der Waals surface area contributed by atoms with Crippen molar-refractivity contribution in [2.24, 2.45) is 0 Å². The van der Waals surface area contributed by atoms with E-state index < -0.39 is 0 Å². The van der Waals surface area contributed by atoms with Crippen LogP contribution >= 0.6 is 0 Å². The van der Waals surface area contributed by atoms with Crippen LogP contribution in [-0.2, 0) is 4.74 Å². The number of halogens is 1. The van der Waals surface area contributed by atoms with E-state index in [1.54, 1.807) is 23.2 Å². The highest BCUT2D eigenvalue weighted by molar-refractivity contribution is 5.98. The number of nitrogens with one attached hydrogen (secondary N) is 1. The molecule has 6 nitrogen and oxygen atoms in total. The van der Waals surface area contributed by atoms with Crippen molar-refractivity contribution in [1.82, 2.24) is 9.88 Å². The topological polar surface area (TPSA) is 80.5 Å². The van der Waals surface area contributed by atoms with E-state index in [1.807, 2.05) is 25.1 Å². The highest BCUT2D eigenvalue weighted by Crippen LogP contribution is 2.34. The zero-order chi connectivity index (χ0) is 19.7. The largest absolute Gasteiger partial charge is 0.428 e. The zero-order valence-electron chi connectivity index (χ0n) is 15.5. The molecule has 0 spiro atoms. The van der Waals surface area contributed by atoms with E-state index in [2.05, 4.69) is 10.3 Å². The number of carbonyl (C=O) groups excluding carboxylic acids is 1. The van der Waals surface area contributed by atoms with Gasteiger partial charge in [0.2, 0.25) is 0 Å². The normalized spacial score (nSPS) is 13.3. The number of hydrogen-bond donors (Lipinski definition) is 2. The van der Waals surface area contributed by atoms with Crippen molar-refractivity contribution in [2.45, 2.75) is 13.3 Å². The van der Waals surface area contributed by atoms with E-state index in [0.717, 1.165) is 35.8 Å². The van der Waals surface area contributed by atoms with Crippen LogP contribution in [0.1, 0.15) is 12.0 Å². The Bertz CT molecular complexity index is 1030. The molecule has 0 unspecified atom stereocenters. The Kier molecular flexibility index (Phi) is 4.73. The first kappa shape index (κ1) is 18.0. The second-order valence-corrected chi connectivity index (χ2v) is 6.86. The summed E-state index contributed by atoms with van der Waals surface area (Å²) in [5, 5.41) is 4.76. The van der Waals surface area contributed by atoms with Crippen molar-refractivity contribution in [2.75, 3.05) is 30.9 Å². The Balaban J connectivity index is 1.68. The van der Waals surface area contributed by atoms with Gasteiger partial charge in [0, 0.05) is 41.3 Å². The van der Waals surface area contributed by atoms with Gasteiger partial charge in [-0.15, -0.1) is 0 Å². The number of nitrogens with two attached hydrogens (primary N) is 1. The minimum absolute atomic E-state index is 0.00632. The molecule has 1 amide bonds. The van der Waals surface area contributed by atoms with Gasteiger partial charge in [-0.05, 0) is 48.7 Å². The fraction of sp³-hybridized carbons (Fsp3) is 0.238. The van der Waals surface area contributed by atoms with Gasteiger partial charge in [-0.1, -0.05) is 12.1 Å². The number of rotatable bonds is 4. The SMILES string of the molecule is Cc1cccc(F)c1-c1cc(NCOC(=O)N2CCC2)c2cc(N)ncc2c1. The number of aromatic nitrogens is 1. The van der Waals surface area contributed by atoms with Gasteiger partial charge in [0.1, 0.15) is 11.6 Å². The average Bonchev–Trinajstić information content (AvgIpc) is 2.60. The summed E-state index contributed by atoms with van der Waals surface area (Å²) >= 11 is 0. The number of pyridine rings is 1. The summed E-state index contributed by atoms with van der Waals surface area (Å²) in [7, 11) is 0. The van der Waals surface area contributed by atoms with Crippen molar-refractivity contribution in [3.63, 3.8) is 0 Å². The van der Waals surface area contributed by atoms with Crippen LogP contribution in [0.25, 0.3) is 21.9 Å². The summed E-state index contributed by atoms with van der Waals surface area (Å²) in [6.45, 7) is 3.33. The molecule has 28 heavy (non-hydrogen) atoms. The Hall–Kier alpha value is -3.35. The van der Waals surface area contributed by atoms with Gasteiger partial charge >= 0.3 is 6.09 Å². The molecule has 0 radical (unpaired) electrons.